The second-order valence-electron chi connectivity index (χ2n) is 5.15. The van der Waals surface area contributed by atoms with E-state index < -0.39 is 10.0 Å². The average Bonchev–Trinajstić information content (AvgIpc) is 2.65. The monoisotopic (exact) mass is 284 g/mol. The normalized spacial score (nSPS) is 21.9. The van der Waals surface area contributed by atoms with Crippen LogP contribution in [0.25, 0.3) is 0 Å². The van der Waals surface area contributed by atoms with Gasteiger partial charge in [-0.05, 0) is 25.8 Å². The highest BCUT2D eigenvalue weighted by Gasteiger charge is 2.28. The van der Waals surface area contributed by atoms with Crippen molar-refractivity contribution in [3.63, 3.8) is 0 Å². The van der Waals surface area contributed by atoms with E-state index in [1.807, 2.05) is 4.57 Å². The Bertz CT molecular complexity index is 521. The van der Waals surface area contributed by atoms with Gasteiger partial charge in [-0.15, -0.1) is 0 Å². The number of hydrogen-bond acceptors (Lipinski definition) is 4. The molecule has 0 atom stereocenters. The zero-order valence-corrected chi connectivity index (χ0v) is 11.8. The molecule has 0 bridgehead atoms. The molecule has 3 heterocycles. The van der Waals surface area contributed by atoms with Crippen LogP contribution in [0.15, 0.2) is 11.2 Å². The van der Waals surface area contributed by atoms with Gasteiger partial charge in [0.1, 0.15) is 5.82 Å². The molecule has 1 fully saturated rings. The molecule has 1 N–H and O–H groups in total. The Morgan fingerprint density at radius 3 is 2.84 bits per heavy atom. The predicted molar refractivity (Wildman–Crippen MR) is 71.4 cm³/mol. The van der Waals surface area contributed by atoms with E-state index in [9.17, 15) is 8.42 Å². The predicted octanol–water partition coefficient (Wildman–Crippen LogP) is 0.203. The van der Waals surface area contributed by atoms with Gasteiger partial charge in [0.15, 0.2) is 5.03 Å². The molecule has 7 heteroatoms. The number of hydrogen-bond donors (Lipinski definition) is 1. The summed E-state index contributed by atoms with van der Waals surface area (Å²) >= 11 is 0. The minimum absolute atomic E-state index is 0.228. The maximum atomic E-state index is 12.6. The minimum atomic E-state index is -3.42. The zero-order valence-electron chi connectivity index (χ0n) is 11.0. The number of sulfonamides is 1. The average molecular weight is 284 g/mol. The molecule has 0 aromatic carbocycles. The number of nitrogens with one attached hydrogen (secondary N) is 1. The molecule has 2 aliphatic heterocycles. The molecule has 0 aliphatic carbocycles. The molecular weight excluding hydrogens is 264 g/mol. The van der Waals surface area contributed by atoms with Gasteiger partial charge >= 0.3 is 0 Å². The van der Waals surface area contributed by atoms with E-state index >= 15 is 0 Å². The second kappa shape index (κ2) is 5.22. The van der Waals surface area contributed by atoms with E-state index in [4.69, 9.17) is 0 Å². The maximum Gasteiger partial charge on any atom is 0.262 e. The summed E-state index contributed by atoms with van der Waals surface area (Å²) in [7, 11) is -3.42. The van der Waals surface area contributed by atoms with Crippen LogP contribution in [0.2, 0.25) is 0 Å². The molecule has 19 heavy (non-hydrogen) atoms. The molecule has 0 saturated carbocycles. The van der Waals surface area contributed by atoms with Crippen molar-refractivity contribution >= 4 is 10.0 Å². The van der Waals surface area contributed by atoms with E-state index in [0.29, 0.717) is 19.6 Å². The van der Waals surface area contributed by atoms with E-state index in [1.165, 1.54) is 0 Å². The molecule has 0 radical (unpaired) electrons. The van der Waals surface area contributed by atoms with Gasteiger partial charge in [-0.3, -0.25) is 0 Å². The third-order valence-electron chi connectivity index (χ3n) is 3.79. The Kier molecular flexibility index (Phi) is 3.60. The maximum absolute atomic E-state index is 12.6. The molecule has 1 saturated heterocycles. The van der Waals surface area contributed by atoms with Crippen molar-refractivity contribution in [2.45, 2.75) is 37.3 Å². The summed E-state index contributed by atoms with van der Waals surface area (Å²) in [4.78, 5) is 4.34. The van der Waals surface area contributed by atoms with Crippen LogP contribution < -0.4 is 5.32 Å². The van der Waals surface area contributed by atoms with Crippen molar-refractivity contribution in [2.24, 2.45) is 0 Å². The van der Waals surface area contributed by atoms with Gasteiger partial charge in [0.05, 0.1) is 0 Å². The van der Waals surface area contributed by atoms with Crippen LogP contribution >= 0.6 is 0 Å². The molecule has 1 aromatic rings. The molecule has 2 aliphatic rings. The SMILES string of the molecule is O=S(=O)(c1cn2c(n1)CCCC2)N1CCCNCC1. The van der Waals surface area contributed by atoms with Crippen molar-refractivity contribution in [3.8, 4) is 0 Å². The van der Waals surface area contributed by atoms with Crippen molar-refractivity contribution in [3.05, 3.63) is 12.0 Å². The molecule has 0 unspecified atom stereocenters. The highest BCUT2D eigenvalue weighted by Crippen LogP contribution is 2.20. The highest BCUT2D eigenvalue weighted by molar-refractivity contribution is 7.89. The first-order chi connectivity index (χ1) is 9.18. The van der Waals surface area contributed by atoms with Crippen LogP contribution in [0.1, 0.15) is 25.1 Å². The Morgan fingerprint density at radius 1 is 1.11 bits per heavy atom. The standard InChI is InChI=1S/C12H20N4O2S/c17-19(18,16-8-3-5-13-6-9-16)12-10-15-7-2-1-4-11(15)14-12/h10,13H,1-9H2. The third-order valence-corrected chi connectivity index (χ3v) is 5.56. The number of rotatable bonds is 2. The van der Waals surface area contributed by atoms with Crippen molar-refractivity contribution < 1.29 is 8.42 Å². The number of aryl methyl sites for hydroxylation is 2. The summed E-state index contributed by atoms with van der Waals surface area (Å²) < 4.78 is 28.7. The van der Waals surface area contributed by atoms with Crippen LogP contribution in [0.5, 0.6) is 0 Å². The molecule has 106 valence electrons. The summed E-state index contributed by atoms with van der Waals surface area (Å²) in [5.41, 5.74) is 0. The molecule has 0 amide bonds. The van der Waals surface area contributed by atoms with E-state index in [0.717, 1.165) is 44.6 Å². The van der Waals surface area contributed by atoms with Crippen molar-refractivity contribution in [2.75, 3.05) is 26.2 Å². The number of fused-ring (bicyclic) bond motifs is 1. The van der Waals surface area contributed by atoms with E-state index in [-0.39, 0.29) is 5.03 Å². The summed E-state index contributed by atoms with van der Waals surface area (Å²) in [6.07, 6.45) is 5.66. The quantitative estimate of drug-likeness (QED) is 0.842. The molecular formula is C12H20N4O2S. The third kappa shape index (κ3) is 2.54. The fourth-order valence-electron chi connectivity index (χ4n) is 2.70. The smallest absolute Gasteiger partial charge is 0.262 e. The Labute approximate surface area is 113 Å². The largest absolute Gasteiger partial charge is 0.333 e. The first kappa shape index (κ1) is 13.1. The zero-order chi connectivity index (χ0) is 13.3. The van der Waals surface area contributed by atoms with Crippen LogP contribution in [0.4, 0.5) is 0 Å². The first-order valence-corrected chi connectivity index (χ1v) is 8.39. The summed E-state index contributed by atoms with van der Waals surface area (Å²) in [6.45, 7) is 3.60. The fourth-order valence-corrected chi connectivity index (χ4v) is 4.15. The lowest BCUT2D eigenvalue weighted by Crippen LogP contribution is -2.34. The van der Waals surface area contributed by atoms with Gasteiger partial charge in [-0.2, -0.15) is 4.31 Å². The molecule has 3 rings (SSSR count). The Hall–Kier alpha value is -0.920. The number of aromatic nitrogens is 2. The topological polar surface area (TPSA) is 67.2 Å². The van der Waals surface area contributed by atoms with Gasteiger partial charge in [0.2, 0.25) is 0 Å². The number of imidazole rings is 1. The summed E-state index contributed by atoms with van der Waals surface area (Å²) in [5.74, 6) is 0.915. The molecule has 1 aromatic heterocycles. The highest BCUT2D eigenvalue weighted by atomic mass is 32.2. The molecule has 6 nitrogen and oxygen atoms in total. The number of nitrogens with zero attached hydrogens (tertiary/aromatic N) is 3. The lowest BCUT2D eigenvalue weighted by atomic mass is 10.2. The second-order valence-corrected chi connectivity index (χ2v) is 7.04. The fraction of sp³-hybridized carbons (Fsp3) is 0.750. The molecule has 0 spiro atoms. The van der Waals surface area contributed by atoms with Crippen LogP contribution in [-0.2, 0) is 23.0 Å². The van der Waals surface area contributed by atoms with E-state index in [2.05, 4.69) is 10.3 Å². The summed E-state index contributed by atoms with van der Waals surface area (Å²) in [6, 6.07) is 0. The van der Waals surface area contributed by atoms with Crippen molar-refractivity contribution in [1.82, 2.24) is 19.2 Å². The van der Waals surface area contributed by atoms with E-state index in [1.54, 1.807) is 10.5 Å². The van der Waals surface area contributed by atoms with Crippen LogP contribution in [0, 0.1) is 0 Å². The van der Waals surface area contributed by atoms with Gasteiger partial charge in [-0.1, -0.05) is 0 Å². The van der Waals surface area contributed by atoms with Crippen LogP contribution in [0.3, 0.4) is 0 Å². The van der Waals surface area contributed by atoms with Gasteiger partial charge in [0.25, 0.3) is 10.0 Å². The van der Waals surface area contributed by atoms with Gasteiger partial charge in [-0.25, -0.2) is 13.4 Å². The summed E-state index contributed by atoms with van der Waals surface area (Å²) in [5, 5.41) is 3.45. The van der Waals surface area contributed by atoms with Gasteiger partial charge in [0, 0.05) is 38.8 Å². The Balaban J connectivity index is 1.88. The minimum Gasteiger partial charge on any atom is -0.333 e. The lowest BCUT2D eigenvalue weighted by Gasteiger charge is -2.17. The first-order valence-electron chi connectivity index (χ1n) is 6.95. The lowest BCUT2D eigenvalue weighted by molar-refractivity contribution is 0.430. The van der Waals surface area contributed by atoms with Crippen LogP contribution in [-0.4, -0.2) is 48.5 Å². The Morgan fingerprint density at radius 2 is 2.00 bits per heavy atom. The van der Waals surface area contributed by atoms with Gasteiger partial charge < -0.3 is 9.88 Å². The van der Waals surface area contributed by atoms with Crippen molar-refractivity contribution in [1.29, 1.82) is 0 Å².